The Bertz CT molecular complexity index is 1090. The van der Waals surface area contributed by atoms with Gasteiger partial charge in [-0.15, -0.1) is 5.10 Å². The number of nitrogens with zero attached hydrogens (tertiary/aromatic N) is 7. The van der Waals surface area contributed by atoms with Gasteiger partial charge in [-0.2, -0.15) is 5.11 Å². The molecule has 27 heavy (non-hydrogen) atoms. The third-order valence-corrected chi connectivity index (χ3v) is 4.79. The van der Waals surface area contributed by atoms with E-state index in [0.29, 0.717) is 34.7 Å². The average Bonchev–Trinajstić information content (AvgIpc) is 3.26. The van der Waals surface area contributed by atoms with Crippen LogP contribution in [0.5, 0.6) is 0 Å². The van der Waals surface area contributed by atoms with Gasteiger partial charge in [0.1, 0.15) is 18.0 Å². The summed E-state index contributed by atoms with van der Waals surface area (Å²) < 4.78 is 2.02. The first-order valence-electron chi connectivity index (χ1n) is 8.26. The van der Waals surface area contributed by atoms with Gasteiger partial charge in [-0.3, -0.25) is 4.98 Å². The Morgan fingerprint density at radius 3 is 2.70 bits per heavy atom. The van der Waals surface area contributed by atoms with E-state index >= 15 is 0 Å². The summed E-state index contributed by atoms with van der Waals surface area (Å²) in [6.45, 7) is 4.69. The smallest absolute Gasteiger partial charge is 0.161 e. The van der Waals surface area contributed by atoms with Crippen LogP contribution < -0.4 is 0 Å². The molecule has 136 valence electrons. The maximum Gasteiger partial charge on any atom is 0.161 e. The zero-order valence-corrected chi connectivity index (χ0v) is 16.2. The zero-order chi connectivity index (χ0) is 19.0. The van der Waals surface area contributed by atoms with Gasteiger partial charge >= 0.3 is 0 Å². The van der Waals surface area contributed by atoms with Crippen LogP contribution in [0.25, 0.3) is 11.5 Å². The van der Waals surface area contributed by atoms with Gasteiger partial charge in [-0.05, 0) is 42.8 Å². The molecular formula is C18H15Cl2N7. The topological polar surface area (TPSA) is 80.7 Å². The Hall–Kier alpha value is -2.64. The van der Waals surface area contributed by atoms with Crippen LogP contribution in [0.15, 0.2) is 46.0 Å². The van der Waals surface area contributed by atoms with Crippen molar-refractivity contribution in [3.63, 3.8) is 0 Å². The number of imidazole rings is 1. The van der Waals surface area contributed by atoms with Crippen LogP contribution >= 0.6 is 23.2 Å². The van der Waals surface area contributed by atoms with Gasteiger partial charge in [-0.1, -0.05) is 23.2 Å². The summed E-state index contributed by atoms with van der Waals surface area (Å²) in [7, 11) is 0. The molecule has 0 fully saturated rings. The van der Waals surface area contributed by atoms with E-state index in [1.807, 2.05) is 24.5 Å². The molecule has 0 saturated heterocycles. The van der Waals surface area contributed by atoms with Crippen molar-refractivity contribution in [3.8, 4) is 11.5 Å². The second-order valence-electron chi connectivity index (χ2n) is 6.17. The normalized spacial score (nSPS) is 13.3. The molecule has 0 aliphatic carbocycles. The number of aromatic nitrogens is 4. The van der Waals surface area contributed by atoms with Gasteiger partial charge in [0.05, 0.1) is 29.8 Å². The van der Waals surface area contributed by atoms with Crippen LogP contribution in [-0.4, -0.2) is 31.8 Å². The Kier molecular flexibility index (Phi) is 4.72. The fourth-order valence-electron chi connectivity index (χ4n) is 3.03. The van der Waals surface area contributed by atoms with Crippen molar-refractivity contribution >= 4 is 28.9 Å². The molecule has 0 bridgehead atoms. The number of hydrogen-bond acceptors (Lipinski definition) is 6. The first-order chi connectivity index (χ1) is 13.0. The van der Waals surface area contributed by atoms with Crippen molar-refractivity contribution in [1.29, 1.82) is 0 Å². The van der Waals surface area contributed by atoms with E-state index in [9.17, 15) is 0 Å². The lowest BCUT2D eigenvalue weighted by atomic mass is 10.2. The summed E-state index contributed by atoms with van der Waals surface area (Å²) >= 11 is 12.6. The summed E-state index contributed by atoms with van der Waals surface area (Å²) in [4.78, 5) is 13.6. The highest BCUT2D eigenvalue weighted by Gasteiger charge is 2.23. The minimum Gasteiger partial charge on any atom is -0.317 e. The molecule has 4 rings (SSSR count). The second kappa shape index (κ2) is 7.17. The minimum atomic E-state index is 0.411. The first kappa shape index (κ1) is 17.8. The molecule has 0 amide bonds. The summed E-state index contributed by atoms with van der Waals surface area (Å²) in [6.07, 6.45) is 3.40. The lowest BCUT2D eigenvalue weighted by Gasteiger charge is -2.13. The SMILES string of the molecule is Cc1cncc(-c2nc(C)c(C3=NN=NC3)n2Cc2cc(Cl)ccc2Cl)n1. The number of benzene rings is 1. The lowest BCUT2D eigenvalue weighted by Crippen LogP contribution is -2.14. The van der Waals surface area contributed by atoms with Crippen molar-refractivity contribution in [1.82, 2.24) is 19.5 Å². The van der Waals surface area contributed by atoms with Gasteiger partial charge in [0.25, 0.3) is 0 Å². The van der Waals surface area contributed by atoms with E-state index in [0.717, 1.165) is 28.4 Å². The fraction of sp³-hybridized carbons (Fsp3) is 0.222. The van der Waals surface area contributed by atoms with Crippen LogP contribution in [-0.2, 0) is 6.54 Å². The van der Waals surface area contributed by atoms with Gasteiger partial charge in [0.15, 0.2) is 5.82 Å². The molecule has 0 saturated carbocycles. The van der Waals surface area contributed by atoms with Gasteiger partial charge < -0.3 is 4.57 Å². The maximum absolute atomic E-state index is 6.40. The largest absolute Gasteiger partial charge is 0.317 e. The predicted molar refractivity (Wildman–Crippen MR) is 105 cm³/mol. The van der Waals surface area contributed by atoms with Gasteiger partial charge in [0.2, 0.25) is 0 Å². The Morgan fingerprint density at radius 1 is 1.11 bits per heavy atom. The molecule has 2 aromatic heterocycles. The molecule has 1 aliphatic rings. The first-order valence-corrected chi connectivity index (χ1v) is 9.02. The van der Waals surface area contributed by atoms with Crippen LogP contribution in [0.2, 0.25) is 10.0 Å². The van der Waals surface area contributed by atoms with Crippen LogP contribution in [0.1, 0.15) is 22.6 Å². The number of rotatable bonds is 4. The van der Waals surface area contributed by atoms with E-state index in [1.165, 1.54) is 0 Å². The highest BCUT2D eigenvalue weighted by atomic mass is 35.5. The zero-order valence-electron chi connectivity index (χ0n) is 14.7. The third kappa shape index (κ3) is 3.48. The van der Waals surface area contributed by atoms with Crippen LogP contribution in [0.4, 0.5) is 0 Å². The van der Waals surface area contributed by atoms with E-state index in [-0.39, 0.29) is 0 Å². The molecule has 3 heterocycles. The minimum absolute atomic E-state index is 0.411. The fourth-order valence-corrected chi connectivity index (χ4v) is 3.40. The number of halogens is 2. The molecule has 0 atom stereocenters. The van der Waals surface area contributed by atoms with Crippen molar-refractivity contribution in [2.75, 3.05) is 6.54 Å². The molecule has 3 aromatic rings. The molecule has 1 aliphatic heterocycles. The average molecular weight is 400 g/mol. The maximum atomic E-state index is 6.40. The second-order valence-corrected chi connectivity index (χ2v) is 7.02. The number of hydrogen-bond donors (Lipinski definition) is 0. The summed E-state index contributed by atoms with van der Waals surface area (Å²) in [5.41, 5.74) is 4.79. The van der Waals surface area contributed by atoms with Crippen molar-refractivity contribution < 1.29 is 0 Å². The van der Waals surface area contributed by atoms with Crippen LogP contribution in [0.3, 0.4) is 0 Å². The van der Waals surface area contributed by atoms with Crippen molar-refractivity contribution in [2.24, 2.45) is 15.4 Å². The van der Waals surface area contributed by atoms with Crippen LogP contribution in [0, 0.1) is 13.8 Å². The molecule has 0 radical (unpaired) electrons. The van der Waals surface area contributed by atoms with E-state index < -0.39 is 0 Å². The van der Waals surface area contributed by atoms with Crippen molar-refractivity contribution in [3.05, 3.63) is 63.3 Å². The monoisotopic (exact) mass is 399 g/mol. The molecular weight excluding hydrogens is 385 g/mol. The molecule has 7 nitrogen and oxygen atoms in total. The Labute approximate surface area is 165 Å². The van der Waals surface area contributed by atoms with E-state index in [1.54, 1.807) is 24.5 Å². The molecule has 0 unspecified atom stereocenters. The highest BCUT2D eigenvalue weighted by Crippen LogP contribution is 2.27. The third-order valence-electron chi connectivity index (χ3n) is 4.18. The lowest BCUT2D eigenvalue weighted by molar-refractivity contribution is 0.792. The molecule has 1 aromatic carbocycles. The number of aryl methyl sites for hydroxylation is 2. The molecule has 0 spiro atoms. The van der Waals surface area contributed by atoms with E-state index in [2.05, 4.69) is 25.4 Å². The Balaban J connectivity index is 1.90. The van der Waals surface area contributed by atoms with Crippen molar-refractivity contribution in [2.45, 2.75) is 20.4 Å². The van der Waals surface area contributed by atoms with Gasteiger partial charge in [0, 0.05) is 16.2 Å². The quantitative estimate of drug-likeness (QED) is 0.648. The van der Waals surface area contributed by atoms with Gasteiger partial charge in [-0.25, -0.2) is 9.97 Å². The molecule has 0 N–H and O–H groups in total. The standard InChI is InChI=1S/C18H15Cl2N7/c1-10-6-21-7-16(23-10)18-24-11(2)17(15-8-22-26-25-15)27(18)9-12-5-13(19)3-4-14(12)20/h3-7H,8-9H2,1-2H3. The summed E-state index contributed by atoms with van der Waals surface area (Å²) in [5, 5.41) is 13.1. The van der Waals surface area contributed by atoms with E-state index in [4.69, 9.17) is 28.2 Å². The predicted octanol–water partition coefficient (Wildman–Crippen LogP) is 4.48. The highest BCUT2D eigenvalue weighted by molar-refractivity contribution is 6.33. The molecule has 9 heteroatoms. The Morgan fingerprint density at radius 2 is 1.96 bits per heavy atom. The summed E-state index contributed by atoms with van der Waals surface area (Å²) in [5.74, 6) is 0.685. The summed E-state index contributed by atoms with van der Waals surface area (Å²) in [6, 6.07) is 5.39.